The third-order valence-corrected chi connectivity index (χ3v) is 0.0527. The molecule has 0 aromatic rings. The summed E-state index contributed by atoms with van der Waals surface area (Å²) in [6, 6.07) is 1.25. The zero-order valence-electron chi connectivity index (χ0n) is 2.34. The Morgan fingerprint density at radius 1 is 1.80 bits per heavy atom. The molecular formula is C2H2FNO. The monoisotopic (exact) mass is 75.0 g/mol. The molecule has 0 unspecified atom stereocenters. The highest BCUT2D eigenvalue weighted by atomic mass is 19.0. The van der Waals surface area contributed by atoms with Gasteiger partial charge < -0.3 is 0 Å². The van der Waals surface area contributed by atoms with Crippen molar-refractivity contribution in [2.75, 3.05) is 0 Å². The van der Waals surface area contributed by atoms with Crippen LogP contribution in [0.2, 0.25) is 0 Å². The molecule has 0 aromatic carbocycles. The summed E-state index contributed by atoms with van der Waals surface area (Å²) in [6.45, 7) is 0. The first kappa shape index (κ1) is 8.94. The van der Waals surface area contributed by atoms with E-state index >= 15 is 0 Å². The van der Waals surface area contributed by atoms with Crippen molar-refractivity contribution in [2.45, 2.75) is 0 Å². The Morgan fingerprint density at radius 3 is 2.00 bits per heavy atom. The average molecular weight is 75.0 g/mol. The molecule has 3 heteroatoms. The molecule has 0 fully saturated rings. The fourth-order valence-corrected chi connectivity index (χ4v) is 0. The van der Waals surface area contributed by atoms with Gasteiger partial charge in [-0.1, -0.05) is 0 Å². The lowest BCUT2D eigenvalue weighted by Gasteiger charge is -1.24. The number of halogens is 1. The molecule has 0 atom stereocenters. The third kappa shape index (κ3) is 453. The van der Waals surface area contributed by atoms with E-state index in [9.17, 15) is 0 Å². The van der Waals surface area contributed by atoms with Crippen molar-refractivity contribution < 1.29 is 9.50 Å². The minimum absolute atomic E-state index is 0. The number of aldehydes is 1. The fraction of sp³-hybridized carbons (Fsp3) is 0. The van der Waals surface area contributed by atoms with E-state index < -0.39 is 0 Å². The van der Waals surface area contributed by atoms with Crippen LogP contribution in [0.15, 0.2) is 0 Å². The minimum atomic E-state index is 0. The van der Waals surface area contributed by atoms with Crippen LogP contribution in [0.4, 0.5) is 4.70 Å². The van der Waals surface area contributed by atoms with Crippen LogP contribution in [-0.4, -0.2) is 6.29 Å². The lowest BCUT2D eigenvalue weighted by molar-refractivity contribution is -0.103. The fourth-order valence-electron chi connectivity index (χ4n) is 0. The second-order valence-corrected chi connectivity index (χ2v) is 0.247. The first-order chi connectivity index (χ1) is 1.91. The topological polar surface area (TPSA) is 40.9 Å². The van der Waals surface area contributed by atoms with Gasteiger partial charge in [0.15, 0.2) is 0 Å². The first-order valence-corrected chi connectivity index (χ1v) is 0.748. The van der Waals surface area contributed by atoms with Gasteiger partial charge in [0.25, 0.3) is 0 Å². The van der Waals surface area contributed by atoms with Crippen molar-refractivity contribution >= 4 is 6.29 Å². The van der Waals surface area contributed by atoms with Crippen molar-refractivity contribution in [1.82, 2.24) is 0 Å². The summed E-state index contributed by atoms with van der Waals surface area (Å²) < 4.78 is 0. The zero-order chi connectivity index (χ0) is 3.41. The Balaban J connectivity index is 0. The van der Waals surface area contributed by atoms with Crippen molar-refractivity contribution in [2.24, 2.45) is 0 Å². The largest absolute Gasteiger partial charge is 0.286 e. The van der Waals surface area contributed by atoms with Crippen LogP contribution in [0.3, 0.4) is 0 Å². The summed E-state index contributed by atoms with van der Waals surface area (Å²) in [6.07, 6.45) is 0.181. The average Bonchev–Trinajstić information content (AvgIpc) is 1.37. The van der Waals surface area contributed by atoms with Gasteiger partial charge in [-0.2, -0.15) is 5.26 Å². The molecule has 0 N–H and O–H groups in total. The molecule has 0 amide bonds. The third-order valence-electron chi connectivity index (χ3n) is 0.0527. The van der Waals surface area contributed by atoms with Gasteiger partial charge in [0, 0.05) is 0 Å². The van der Waals surface area contributed by atoms with Crippen LogP contribution in [0, 0.1) is 11.3 Å². The molecule has 0 saturated heterocycles. The van der Waals surface area contributed by atoms with Gasteiger partial charge in [0.2, 0.25) is 6.29 Å². The van der Waals surface area contributed by atoms with E-state index in [1.807, 2.05) is 0 Å². The Hall–Kier alpha value is -0.910. The molecule has 0 aliphatic rings. The van der Waals surface area contributed by atoms with Crippen molar-refractivity contribution in [3.8, 4) is 6.07 Å². The lowest BCUT2D eigenvalue weighted by atomic mass is 10.9. The molecule has 0 aliphatic carbocycles. The van der Waals surface area contributed by atoms with Crippen molar-refractivity contribution in [1.29, 1.82) is 5.26 Å². The van der Waals surface area contributed by atoms with Gasteiger partial charge in [0.05, 0.1) is 0 Å². The van der Waals surface area contributed by atoms with Gasteiger partial charge in [0.1, 0.15) is 6.07 Å². The molecule has 0 spiro atoms. The second kappa shape index (κ2) is 11.4. The summed E-state index contributed by atoms with van der Waals surface area (Å²) in [5.41, 5.74) is 0. The van der Waals surface area contributed by atoms with E-state index in [-0.39, 0.29) is 11.0 Å². The normalized spacial score (nSPS) is 3.00. The number of carbonyl (C=O) groups excluding carboxylic acids is 1. The smallest absolute Gasteiger partial charge is 0.219 e. The molecular weight excluding hydrogens is 73.0 g/mol. The molecule has 2 nitrogen and oxygen atoms in total. The SMILES string of the molecule is F.N#CC=O. The van der Waals surface area contributed by atoms with Gasteiger partial charge in [-0.3, -0.25) is 9.50 Å². The summed E-state index contributed by atoms with van der Waals surface area (Å²) >= 11 is 0. The highest BCUT2D eigenvalue weighted by Gasteiger charge is 1.43. The molecule has 0 rings (SSSR count). The number of carbonyl (C=O) groups is 1. The molecule has 0 heterocycles. The molecule has 28 valence electrons. The van der Waals surface area contributed by atoms with E-state index in [4.69, 9.17) is 10.1 Å². The van der Waals surface area contributed by atoms with Crippen LogP contribution in [-0.2, 0) is 4.79 Å². The van der Waals surface area contributed by atoms with E-state index in [0.717, 1.165) is 0 Å². The van der Waals surface area contributed by atoms with Gasteiger partial charge >= 0.3 is 0 Å². The number of hydrogen-bond donors (Lipinski definition) is 0. The zero-order valence-corrected chi connectivity index (χ0v) is 2.34. The highest BCUT2D eigenvalue weighted by Crippen LogP contribution is 1.19. The van der Waals surface area contributed by atoms with Crippen molar-refractivity contribution in [3.63, 3.8) is 0 Å². The van der Waals surface area contributed by atoms with Crippen LogP contribution >= 0.6 is 0 Å². The van der Waals surface area contributed by atoms with E-state index in [2.05, 4.69) is 0 Å². The summed E-state index contributed by atoms with van der Waals surface area (Å²) in [5, 5.41) is 7.26. The molecule has 0 saturated carbocycles. The maximum Gasteiger partial charge on any atom is 0.219 e. The first-order valence-electron chi connectivity index (χ1n) is 0.748. The predicted octanol–water partition coefficient (Wildman–Crippen LogP) is -0.139. The number of hydrogen-bond acceptors (Lipinski definition) is 2. The van der Waals surface area contributed by atoms with Crippen LogP contribution < -0.4 is 0 Å². The molecule has 0 aromatic heterocycles. The Labute approximate surface area is 28.4 Å². The Kier molecular flexibility index (Phi) is 20.3. The van der Waals surface area contributed by atoms with E-state index in [1.54, 1.807) is 0 Å². The Morgan fingerprint density at radius 2 is 2.00 bits per heavy atom. The van der Waals surface area contributed by atoms with Crippen LogP contribution in [0.1, 0.15) is 0 Å². The van der Waals surface area contributed by atoms with Gasteiger partial charge in [-0.05, 0) is 0 Å². The maximum atomic E-state index is 8.81. The molecule has 0 bridgehead atoms. The summed E-state index contributed by atoms with van der Waals surface area (Å²) in [7, 11) is 0. The highest BCUT2D eigenvalue weighted by molar-refractivity contribution is 5.68. The molecule has 0 aliphatic heterocycles. The number of rotatable bonds is 0. The van der Waals surface area contributed by atoms with Crippen LogP contribution in [0.25, 0.3) is 0 Å². The standard InChI is InChI=1S/C2HNO.FH/c3-1-2-4;/h2H;1H. The molecule has 0 radical (unpaired) electrons. The van der Waals surface area contributed by atoms with Gasteiger partial charge in [-0.25, -0.2) is 0 Å². The number of nitrogens with zero attached hydrogens (tertiary/aromatic N) is 1. The second-order valence-electron chi connectivity index (χ2n) is 0.247. The summed E-state index contributed by atoms with van der Waals surface area (Å²) in [4.78, 5) is 8.81. The minimum Gasteiger partial charge on any atom is -0.286 e. The lowest BCUT2D eigenvalue weighted by Crippen LogP contribution is -1.46. The van der Waals surface area contributed by atoms with E-state index in [0.29, 0.717) is 0 Å². The van der Waals surface area contributed by atoms with Crippen LogP contribution in [0.5, 0.6) is 0 Å². The van der Waals surface area contributed by atoms with Gasteiger partial charge in [-0.15, -0.1) is 0 Å². The molecule has 5 heavy (non-hydrogen) atoms. The predicted molar refractivity (Wildman–Crippen MR) is 14.2 cm³/mol. The van der Waals surface area contributed by atoms with E-state index in [1.165, 1.54) is 6.07 Å². The Bertz CT molecular complexity index is 55.2. The number of nitriles is 1. The maximum absolute atomic E-state index is 8.81. The summed E-state index contributed by atoms with van der Waals surface area (Å²) in [5.74, 6) is 0. The quantitative estimate of drug-likeness (QED) is 0.297. The van der Waals surface area contributed by atoms with Crippen molar-refractivity contribution in [3.05, 3.63) is 0 Å².